The minimum absolute atomic E-state index is 0.0789. The maximum atomic E-state index is 12.1. The molecule has 2 N–H and O–H groups in total. The molecule has 1 aliphatic heterocycles. The second-order valence-corrected chi connectivity index (χ2v) is 5.12. The molecule has 0 spiro atoms. The summed E-state index contributed by atoms with van der Waals surface area (Å²) >= 11 is 0. The van der Waals surface area contributed by atoms with Gasteiger partial charge in [-0.15, -0.1) is 0 Å². The summed E-state index contributed by atoms with van der Waals surface area (Å²) in [5.74, 6) is -1.77. The Kier molecular flexibility index (Phi) is 3.78. The fourth-order valence-electron chi connectivity index (χ4n) is 2.48. The molecule has 22 heavy (non-hydrogen) atoms. The smallest absolute Gasteiger partial charge is 0.410 e. The summed E-state index contributed by atoms with van der Waals surface area (Å²) in [6.07, 6.45) is 0.969. The Morgan fingerprint density at radius 2 is 2.14 bits per heavy atom. The van der Waals surface area contributed by atoms with Crippen LogP contribution in [-0.4, -0.2) is 38.8 Å². The Morgan fingerprint density at radius 1 is 1.36 bits per heavy atom. The molecule has 0 radical (unpaired) electrons. The second kappa shape index (κ2) is 5.88. The molecule has 1 aromatic carbocycles. The molecular weight excluding hydrogens is 286 g/mol. The van der Waals surface area contributed by atoms with Crippen molar-refractivity contribution in [3.63, 3.8) is 0 Å². The number of hydrogen-bond donors (Lipinski definition) is 2. The maximum Gasteiger partial charge on any atom is 0.410 e. The average molecular weight is 301 g/mol. The fraction of sp³-hybridized carbons (Fsp3) is 0.267. The van der Waals surface area contributed by atoms with Crippen LogP contribution in [0.4, 0.5) is 4.79 Å². The number of benzene rings is 1. The van der Waals surface area contributed by atoms with Crippen LogP contribution in [0.3, 0.4) is 0 Å². The van der Waals surface area contributed by atoms with Crippen molar-refractivity contribution in [1.29, 1.82) is 0 Å². The molecule has 0 fully saturated rings. The summed E-state index contributed by atoms with van der Waals surface area (Å²) in [7, 11) is 0. The van der Waals surface area contributed by atoms with Gasteiger partial charge in [-0.05, 0) is 5.56 Å². The Labute approximate surface area is 126 Å². The molecule has 1 amide bonds. The van der Waals surface area contributed by atoms with Crippen molar-refractivity contribution < 1.29 is 19.4 Å². The van der Waals surface area contributed by atoms with Crippen molar-refractivity contribution in [1.82, 2.24) is 15.1 Å². The third kappa shape index (κ3) is 2.78. The molecular formula is C15H15N3O4. The average Bonchev–Trinajstić information content (AvgIpc) is 3.00. The molecule has 2 aromatic rings. The van der Waals surface area contributed by atoms with E-state index in [0.29, 0.717) is 11.3 Å². The number of carbonyl (C=O) groups excluding carboxylic acids is 1. The normalized spacial score (nSPS) is 16.9. The molecule has 2 heterocycles. The van der Waals surface area contributed by atoms with Gasteiger partial charge in [0.15, 0.2) is 0 Å². The lowest BCUT2D eigenvalue weighted by molar-refractivity contribution is -0.139. The van der Waals surface area contributed by atoms with E-state index >= 15 is 0 Å². The van der Waals surface area contributed by atoms with Gasteiger partial charge in [0.1, 0.15) is 12.5 Å². The Balaban J connectivity index is 1.68. The number of ether oxygens (including phenoxy) is 1. The van der Waals surface area contributed by atoms with E-state index in [1.165, 1.54) is 11.1 Å². The van der Waals surface area contributed by atoms with Crippen molar-refractivity contribution in [2.45, 2.75) is 19.1 Å². The van der Waals surface area contributed by atoms with Crippen molar-refractivity contribution in [3.8, 4) is 0 Å². The minimum Gasteiger partial charge on any atom is -0.481 e. The molecule has 1 aromatic heterocycles. The number of carboxylic acid groups (broad SMARTS) is 1. The molecule has 1 atom stereocenters. The SMILES string of the molecule is O=C(O)C1CN(C(=O)OCc2ccccc2)Cc2[nH]ncc21. The summed E-state index contributed by atoms with van der Waals surface area (Å²) < 4.78 is 5.25. The third-order valence-electron chi connectivity index (χ3n) is 3.64. The van der Waals surface area contributed by atoms with Gasteiger partial charge in [-0.3, -0.25) is 9.89 Å². The van der Waals surface area contributed by atoms with E-state index in [4.69, 9.17) is 4.74 Å². The van der Waals surface area contributed by atoms with Crippen molar-refractivity contribution in [2.75, 3.05) is 6.54 Å². The molecule has 0 aliphatic carbocycles. The number of nitrogens with zero attached hydrogens (tertiary/aromatic N) is 2. The number of H-pyrrole nitrogens is 1. The number of nitrogens with one attached hydrogen (secondary N) is 1. The van der Waals surface area contributed by atoms with E-state index in [9.17, 15) is 14.7 Å². The number of fused-ring (bicyclic) bond motifs is 1. The largest absolute Gasteiger partial charge is 0.481 e. The van der Waals surface area contributed by atoms with E-state index in [-0.39, 0.29) is 19.7 Å². The number of amides is 1. The van der Waals surface area contributed by atoms with Gasteiger partial charge in [0, 0.05) is 12.1 Å². The van der Waals surface area contributed by atoms with Crippen molar-refractivity contribution in [2.24, 2.45) is 0 Å². The molecule has 114 valence electrons. The first kappa shape index (κ1) is 14.1. The second-order valence-electron chi connectivity index (χ2n) is 5.12. The van der Waals surface area contributed by atoms with Crippen LogP contribution in [0.25, 0.3) is 0 Å². The number of carbonyl (C=O) groups is 2. The van der Waals surface area contributed by atoms with Crippen LogP contribution in [0.5, 0.6) is 0 Å². The predicted octanol–water partition coefficient (Wildman–Crippen LogP) is 1.73. The van der Waals surface area contributed by atoms with Crippen LogP contribution in [-0.2, 0) is 22.7 Å². The number of aromatic nitrogens is 2. The lowest BCUT2D eigenvalue weighted by Crippen LogP contribution is -2.40. The van der Waals surface area contributed by atoms with Crippen LogP contribution < -0.4 is 0 Å². The zero-order valence-electron chi connectivity index (χ0n) is 11.7. The van der Waals surface area contributed by atoms with Crippen molar-refractivity contribution in [3.05, 3.63) is 53.3 Å². The number of rotatable bonds is 3. The monoisotopic (exact) mass is 301 g/mol. The number of hydrogen-bond acceptors (Lipinski definition) is 4. The number of carboxylic acids is 1. The van der Waals surface area contributed by atoms with Gasteiger partial charge in [-0.2, -0.15) is 5.10 Å². The summed E-state index contributed by atoms with van der Waals surface area (Å²) in [4.78, 5) is 24.9. The van der Waals surface area contributed by atoms with Crippen LogP contribution in [0.2, 0.25) is 0 Å². The van der Waals surface area contributed by atoms with E-state index < -0.39 is 18.0 Å². The highest BCUT2D eigenvalue weighted by Gasteiger charge is 2.34. The first-order chi connectivity index (χ1) is 10.6. The Hall–Kier alpha value is -2.83. The van der Waals surface area contributed by atoms with E-state index in [0.717, 1.165) is 5.56 Å². The molecule has 7 nitrogen and oxygen atoms in total. The first-order valence-electron chi connectivity index (χ1n) is 6.85. The lowest BCUT2D eigenvalue weighted by Gasteiger charge is -2.29. The van der Waals surface area contributed by atoms with Gasteiger partial charge in [-0.25, -0.2) is 4.79 Å². The van der Waals surface area contributed by atoms with Gasteiger partial charge in [-0.1, -0.05) is 30.3 Å². The molecule has 0 saturated heterocycles. The van der Waals surface area contributed by atoms with Gasteiger partial charge >= 0.3 is 12.1 Å². The summed E-state index contributed by atoms with van der Waals surface area (Å²) in [5.41, 5.74) is 2.14. The zero-order chi connectivity index (χ0) is 15.5. The quantitative estimate of drug-likeness (QED) is 0.900. The first-order valence-corrected chi connectivity index (χ1v) is 6.85. The maximum absolute atomic E-state index is 12.1. The molecule has 1 aliphatic rings. The van der Waals surface area contributed by atoms with Gasteiger partial charge in [0.25, 0.3) is 0 Å². The van der Waals surface area contributed by atoms with E-state index in [1.807, 2.05) is 30.3 Å². The fourth-order valence-corrected chi connectivity index (χ4v) is 2.48. The standard InChI is InChI=1S/C15H15N3O4/c19-14(20)12-7-18(8-13-11(12)6-16-17-13)15(21)22-9-10-4-2-1-3-5-10/h1-6,12H,7-9H2,(H,16,17)(H,19,20). The summed E-state index contributed by atoms with van der Waals surface area (Å²) in [6.45, 7) is 0.506. The van der Waals surface area contributed by atoms with E-state index in [1.54, 1.807) is 0 Å². The van der Waals surface area contributed by atoms with Gasteiger partial charge in [0.2, 0.25) is 0 Å². The number of aliphatic carboxylic acids is 1. The molecule has 0 bridgehead atoms. The van der Waals surface area contributed by atoms with Gasteiger partial charge in [0.05, 0.1) is 18.4 Å². The van der Waals surface area contributed by atoms with Gasteiger partial charge < -0.3 is 14.7 Å². The highest BCUT2D eigenvalue weighted by Crippen LogP contribution is 2.27. The highest BCUT2D eigenvalue weighted by molar-refractivity contribution is 5.79. The molecule has 7 heteroatoms. The minimum atomic E-state index is -0.983. The third-order valence-corrected chi connectivity index (χ3v) is 3.64. The lowest BCUT2D eigenvalue weighted by atomic mass is 9.95. The summed E-state index contributed by atoms with van der Waals surface area (Å²) in [5, 5.41) is 15.9. The predicted molar refractivity (Wildman–Crippen MR) is 76.0 cm³/mol. The summed E-state index contributed by atoms with van der Waals surface area (Å²) in [6, 6.07) is 9.32. The zero-order valence-corrected chi connectivity index (χ0v) is 11.7. The molecule has 0 saturated carbocycles. The van der Waals surface area contributed by atoms with E-state index in [2.05, 4.69) is 10.2 Å². The number of aromatic amines is 1. The van der Waals surface area contributed by atoms with Crippen LogP contribution >= 0.6 is 0 Å². The van der Waals surface area contributed by atoms with Crippen LogP contribution in [0.1, 0.15) is 22.7 Å². The highest BCUT2D eigenvalue weighted by atomic mass is 16.6. The topological polar surface area (TPSA) is 95.5 Å². The Morgan fingerprint density at radius 3 is 2.86 bits per heavy atom. The molecule has 1 unspecified atom stereocenters. The molecule has 3 rings (SSSR count). The van der Waals surface area contributed by atoms with Crippen LogP contribution in [0.15, 0.2) is 36.5 Å². The van der Waals surface area contributed by atoms with Crippen molar-refractivity contribution >= 4 is 12.1 Å². The Bertz CT molecular complexity index is 683. The van der Waals surface area contributed by atoms with Crippen LogP contribution in [0, 0.1) is 0 Å².